The molecule has 1 N–H and O–H groups in total. The van der Waals surface area contributed by atoms with Gasteiger partial charge in [-0.15, -0.1) is 11.3 Å². The largest absolute Gasteiger partial charge is 0.310 e. The highest BCUT2D eigenvalue weighted by molar-refractivity contribution is 7.10. The van der Waals surface area contributed by atoms with Crippen LogP contribution in [0.1, 0.15) is 74.8 Å². The topological polar surface area (TPSA) is 12.0 Å². The molecule has 0 radical (unpaired) electrons. The Morgan fingerprint density at radius 1 is 1.21 bits per heavy atom. The molecule has 0 amide bonds. The van der Waals surface area contributed by atoms with Crippen molar-refractivity contribution in [3.05, 3.63) is 21.9 Å². The lowest BCUT2D eigenvalue weighted by molar-refractivity contribution is 0.288. The molecule has 0 aromatic carbocycles. The molecule has 0 aliphatic heterocycles. The third-order valence-electron chi connectivity index (χ3n) is 4.47. The molecule has 1 unspecified atom stereocenters. The van der Waals surface area contributed by atoms with E-state index in [4.69, 9.17) is 0 Å². The number of thiophene rings is 1. The van der Waals surface area contributed by atoms with Gasteiger partial charge in [-0.2, -0.15) is 0 Å². The highest BCUT2D eigenvalue weighted by atomic mass is 32.1. The van der Waals surface area contributed by atoms with E-state index in [1.165, 1.54) is 56.2 Å². The van der Waals surface area contributed by atoms with Crippen LogP contribution in [0.3, 0.4) is 0 Å². The van der Waals surface area contributed by atoms with Crippen LogP contribution in [-0.2, 0) is 0 Å². The van der Waals surface area contributed by atoms with Crippen LogP contribution in [0.2, 0.25) is 0 Å². The normalized spacial score (nSPS) is 19.9. The van der Waals surface area contributed by atoms with Gasteiger partial charge in [0.2, 0.25) is 0 Å². The maximum Gasteiger partial charge on any atom is 0.0359 e. The summed E-state index contributed by atoms with van der Waals surface area (Å²) in [6.07, 6.45) is 11.3. The fraction of sp³-hybridized carbons (Fsp3) is 0.765. The van der Waals surface area contributed by atoms with Gasteiger partial charge in [-0.05, 0) is 55.7 Å². The second kappa shape index (κ2) is 8.06. The molecular formula is C17H29NS. The summed E-state index contributed by atoms with van der Waals surface area (Å²) in [5.41, 5.74) is 1.57. The molecular weight excluding hydrogens is 250 g/mol. The van der Waals surface area contributed by atoms with Gasteiger partial charge in [0.1, 0.15) is 0 Å². The lowest BCUT2D eigenvalue weighted by atomic mass is 9.83. The fourth-order valence-electron chi connectivity index (χ4n) is 3.37. The molecule has 1 aromatic heterocycles. The molecule has 1 atom stereocenters. The van der Waals surface area contributed by atoms with Gasteiger partial charge in [0, 0.05) is 10.9 Å². The molecule has 0 saturated heterocycles. The molecule has 2 rings (SSSR count). The van der Waals surface area contributed by atoms with E-state index in [1.54, 1.807) is 5.56 Å². The predicted molar refractivity (Wildman–Crippen MR) is 85.9 cm³/mol. The van der Waals surface area contributed by atoms with Crippen molar-refractivity contribution in [2.75, 3.05) is 6.54 Å². The highest BCUT2D eigenvalue weighted by Crippen LogP contribution is 2.35. The van der Waals surface area contributed by atoms with Gasteiger partial charge in [-0.25, -0.2) is 0 Å². The van der Waals surface area contributed by atoms with Crippen molar-refractivity contribution in [1.29, 1.82) is 0 Å². The third-order valence-corrected chi connectivity index (χ3v) is 5.33. The van der Waals surface area contributed by atoms with Crippen LogP contribution in [0.15, 0.2) is 11.4 Å². The summed E-state index contributed by atoms with van der Waals surface area (Å²) in [4.78, 5) is 1.51. The van der Waals surface area contributed by atoms with Gasteiger partial charge in [-0.3, -0.25) is 0 Å². The van der Waals surface area contributed by atoms with E-state index in [1.807, 2.05) is 11.3 Å². The first-order valence-corrected chi connectivity index (χ1v) is 8.98. The first-order chi connectivity index (χ1) is 9.33. The minimum Gasteiger partial charge on any atom is -0.310 e. The fourth-order valence-corrected chi connectivity index (χ4v) is 4.12. The summed E-state index contributed by atoms with van der Waals surface area (Å²) in [5, 5.41) is 6.10. The van der Waals surface area contributed by atoms with E-state index < -0.39 is 0 Å². The van der Waals surface area contributed by atoms with Crippen molar-refractivity contribution >= 4 is 11.3 Å². The highest BCUT2D eigenvalue weighted by Gasteiger charge is 2.24. The Kier molecular flexibility index (Phi) is 6.39. The number of hydrogen-bond acceptors (Lipinski definition) is 2. The zero-order valence-electron chi connectivity index (χ0n) is 12.6. The zero-order valence-corrected chi connectivity index (χ0v) is 13.4. The van der Waals surface area contributed by atoms with Crippen LogP contribution in [0.5, 0.6) is 0 Å². The summed E-state index contributed by atoms with van der Waals surface area (Å²) in [5.74, 6) is 0.847. The van der Waals surface area contributed by atoms with E-state index in [0.717, 1.165) is 12.5 Å². The Bertz CT molecular complexity index is 350. The number of hydrogen-bond donors (Lipinski definition) is 1. The number of nitrogens with one attached hydrogen (secondary N) is 1. The van der Waals surface area contributed by atoms with E-state index in [2.05, 4.69) is 30.6 Å². The summed E-state index contributed by atoms with van der Waals surface area (Å²) in [6, 6.07) is 2.95. The van der Waals surface area contributed by atoms with Crippen LogP contribution < -0.4 is 5.32 Å². The smallest absolute Gasteiger partial charge is 0.0359 e. The molecule has 1 heterocycles. The molecule has 1 aromatic rings. The van der Waals surface area contributed by atoms with Crippen LogP contribution in [0.25, 0.3) is 0 Å². The Morgan fingerprint density at radius 2 is 1.89 bits per heavy atom. The summed E-state index contributed by atoms with van der Waals surface area (Å²) in [7, 11) is 0. The monoisotopic (exact) mass is 279 g/mol. The van der Waals surface area contributed by atoms with Crippen molar-refractivity contribution in [2.45, 2.75) is 71.3 Å². The van der Waals surface area contributed by atoms with E-state index in [-0.39, 0.29) is 0 Å². The van der Waals surface area contributed by atoms with Crippen molar-refractivity contribution in [3.8, 4) is 0 Å². The Labute approximate surface area is 122 Å². The molecule has 1 aliphatic rings. The average Bonchev–Trinajstić information content (AvgIpc) is 2.78. The maximum atomic E-state index is 3.84. The standard InChI is InChI=1S/C17H29NS/c1-3-12-18-17(16-11-13-19-14(16)2)15-9-7-5-4-6-8-10-15/h11,13,15,17-18H,3-10,12H2,1-2H3. The lowest BCUT2D eigenvalue weighted by Crippen LogP contribution is -2.29. The number of aryl methyl sites for hydroxylation is 1. The minimum absolute atomic E-state index is 0.601. The van der Waals surface area contributed by atoms with Crippen LogP contribution >= 0.6 is 11.3 Å². The van der Waals surface area contributed by atoms with Gasteiger partial charge in [-0.1, -0.05) is 39.0 Å². The Morgan fingerprint density at radius 3 is 2.47 bits per heavy atom. The molecule has 0 spiro atoms. The van der Waals surface area contributed by atoms with Crippen LogP contribution in [-0.4, -0.2) is 6.54 Å². The van der Waals surface area contributed by atoms with Gasteiger partial charge in [0.05, 0.1) is 0 Å². The first kappa shape index (κ1) is 15.1. The predicted octanol–water partition coefficient (Wildman–Crippen LogP) is 5.46. The van der Waals surface area contributed by atoms with Crippen molar-refractivity contribution in [2.24, 2.45) is 5.92 Å². The second-order valence-corrected chi connectivity index (χ2v) is 7.09. The van der Waals surface area contributed by atoms with Gasteiger partial charge < -0.3 is 5.32 Å². The van der Waals surface area contributed by atoms with Crippen molar-refractivity contribution < 1.29 is 0 Å². The zero-order chi connectivity index (χ0) is 13.5. The van der Waals surface area contributed by atoms with E-state index >= 15 is 0 Å². The SMILES string of the molecule is CCCNC(c1ccsc1C)C1CCCCCCC1. The molecule has 1 fully saturated rings. The summed E-state index contributed by atoms with van der Waals surface area (Å²) >= 11 is 1.90. The van der Waals surface area contributed by atoms with Crippen LogP contribution in [0, 0.1) is 12.8 Å². The quantitative estimate of drug-likeness (QED) is 0.755. The second-order valence-electron chi connectivity index (χ2n) is 5.97. The van der Waals surface area contributed by atoms with Crippen molar-refractivity contribution in [3.63, 3.8) is 0 Å². The molecule has 0 bridgehead atoms. The Hall–Kier alpha value is -0.340. The minimum atomic E-state index is 0.601. The molecule has 1 saturated carbocycles. The molecule has 2 heteroatoms. The van der Waals surface area contributed by atoms with Gasteiger partial charge >= 0.3 is 0 Å². The number of rotatable bonds is 5. The van der Waals surface area contributed by atoms with Gasteiger partial charge in [0.25, 0.3) is 0 Å². The van der Waals surface area contributed by atoms with Crippen molar-refractivity contribution in [1.82, 2.24) is 5.32 Å². The van der Waals surface area contributed by atoms with Gasteiger partial charge in [0.15, 0.2) is 0 Å². The third kappa shape index (κ3) is 4.32. The molecule has 108 valence electrons. The summed E-state index contributed by atoms with van der Waals surface area (Å²) in [6.45, 7) is 5.70. The summed E-state index contributed by atoms with van der Waals surface area (Å²) < 4.78 is 0. The van der Waals surface area contributed by atoms with Crippen LogP contribution in [0.4, 0.5) is 0 Å². The first-order valence-electron chi connectivity index (χ1n) is 8.10. The maximum absolute atomic E-state index is 3.84. The van der Waals surface area contributed by atoms with E-state index in [9.17, 15) is 0 Å². The molecule has 19 heavy (non-hydrogen) atoms. The van der Waals surface area contributed by atoms with E-state index in [0.29, 0.717) is 6.04 Å². The lowest BCUT2D eigenvalue weighted by Gasteiger charge is -2.30. The molecule has 1 aliphatic carbocycles. The Balaban J connectivity index is 2.08. The molecule has 1 nitrogen and oxygen atoms in total. The average molecular weight is 279 g/mol.